The van der Waals surface area contributed by atoms with E-state index in [-0.39, 0.29) is 42.5 Å². The number of aromatic nitrogens is 3. The number of hydrogen-bond donors (Lipinski definition) is 3. The lowest BCUT2D eigenvalue weighted by atomic mass is 9.82. The van der Waals surface area contributed by atoms with Crippen molar-refractivity contribution in [1.82, 2.24) is 15.0 Å². The van der Waals surface area contributed by atoms with Gasteiger partial charge in [0.25, 0.3) is 11.8 Å². The maximum absolute atomic E-state index is 15.2. The zero-order valence-electron chi connectivity index (χ0n) is 30.8. The molecule has 2 aliphatic heterocycles. The maximum Gasteiger partial charge on any atom is 0.264 e. The summed E-state index contributed by atoms with van der Waals surface area (Å²) in [6.45, 7) is 7.64. The van der Waals surface area contributed by atoms with Crippen LogP contribution in [0.5, 0.6) is 5.75 Å². The number of nitrogens with two attached hydrogens (primary N) is 1. The van der Waals surface area contributed by atoms with Crippen LogP contribution in [-0.2, 0) is 34.6 Å². The number of aryl methyl sites for hydroxylation is 1. The van der Waals surface area contributed by atoms with Gasteiger partial charge in [0.2, 0.25) is 0 Å². The first kappa shape index (κ1) is 37.3. The monoisotopic (exact) mass is 764 g/mol. The van der Waals surface area contributed by atoms with E-state index in [1.807, 2.05) is 60.8 Å². The first-order valence-corrected chi connectivity index (χ1v) is 21.6. The quantitative estimate of drug-likeness (QED) is 0.101. The van der Waals surface area contributed by atoms with E-state index in [4.69, 9.17) is 26.8 Å². The summed E-state index contributed by atoms with van der Waals surface area (Å²) in [5.74, 6) is 0.179. The van der Waals surface area contributed by atoms with Crippen molar-refractivity contribution in [3.8, 4) is 5.75 Å². The van der Waals surface area contributed by atoms with Gasteiger partial charge in [0, 0.05) is 59.2 Å². The number of methoxy groups -OCH3 is 1. The van der Waals surface area contributed by atoms with E-state index < -0.39 is 13.7 Å². The van der Waals surface area contributed by atoms with E-state index >= 15 is 4.79 Å². The zero-order valence-corrected chi connectivity index (χ0v) is 32.6. The van der Waals surface area contributed by atoms with Crippen LogP contribution in [-0.4, -0.2) is 59.8 Å². The Morgan fingerprint density at radius 2 is 1.83 bits per heavy atom. The third-order valence-electron chi connectivity index (χ3n) is 11.1. The van der Waals surface area contributed by atoms with Gasteiger partial charge in [-0.1, -0.05) is 66.3 Å². The van der Waals surface area contributed by atoms with E-state index in [0.29, 0.717) is 41.3 Å². The van der Waals surface area contributed by atoms with Crippen LogP contribution in [0.1, 0.15) is 40.5 Å². The summed E-state index contributed by atoms with van der Waals surface area (Å²) in [5, 5.41) is 22.7. The van der Waals surface area contributed by atoms with Crippen molar-refractivity contribution in [3.05, 3.63) is 125 Å². The number of benzene rings is 4. The molecule has 0 unspecified atom stereocenters. The summed E-state index contributed by atoms with van der Waals surface area (Å²) >= 11 is 6.70. The second-order valence-electron chi connectivity index (χ2n) is 14.7. The summed E-state index contributed by atoms with van der Waals surface area (Å²) < 4.78 is 14.5. The van der Waals surface area contributed by atoms with Crippen LogP contribution in [0.15, 0.2) is 97.2 Å². The summed E-state index contributed by atoms with van der Waals surface area (Å²) in [7, 11) is -0.711. The fraction of sp³-hybridized carbons (Fsp3) is 0.317. The SMILES string of the molecule is COc1ccc([Si](C)(C)[C@H]2[C@H](CCn3cc(CCO)nn3)O[C@@]3(C(=O)N(Cc4cccc(NC(=O)c5ccc(N)cc5)c4)c4ccc(Cl)cc43)[C@@H]2C)cc1. The summed E-state index contributed by atoms with van der Waals surface area (Å²) in [4.78, 5) is 30.0. The number of amides is 2. The molecule has 54 heavy (non-hydrogen) atoms. The van der Waals surface area contributed by atoms with E-state index in [1.54, 1.807) is 41.0 Å². The van der Waals surface area contributed by atoms with Gasteiger partial charge in [0.15, 0.2) is 5.60 Å². The molecule has 4 atom stereocenters. The number of carbonyl (C=O) groups is 2. The van der Waals surface area contributed by atoms with Crippen molar-refractivity contribution in [2.24, 2.45) is 5.92 Å². The molecule has 0 saturated carbocycles. The van der Waals surface area contributed by atoms with Crippen LogP contribution in [0.3, 0.4) is 0 Å². The van der Waals surface area contributed by atoms with Crippen molar-refractivity contribution >= 4 is 53.7 Å². The predicted molar refractivity (Wildman–Crippen MR) is 213 cm³/mol. The van der Waals surface area contributed by atoms with E-state index in [0.717, 1.165) is 28.3 Å². The Morgan fingerprint density at radius 3 is 2.56 bits per heavy atom. The Kier molecular flexibility index (Phi) is 10.4. The van der Waals surface area contributed by atoms with Gasteiger partial charge in [-0.3, -0.25) is 14.3 Å². The highest BCUT2D eigenvalue weighted by Gasteiger charge is 2.66. The van der Waals surface area contributed by atoms with Gasteiger partial charge in [-0.25, -0.2) is 0 Å². The van der Waals surface area contributed by atoms with Gasteiger partial charge in [-0.2, -0.15) is 0 Å². The first-order valence-electron chi connectivity index (χ1n) is 18.1. The van der Waals surface area contributed by atoms with Crippen molar-refractivity contribution in [2.45, 2.75) is 63.2 Å². The average Bonchev–Trinajstić information content (AvgIpc) is 3.81. The molecule has 13 heteroatoms. The number of nitrogens with zero attached hydrogens (tertiary/aromatic N) is 4. The molecule has 1 saturated heterocycles. The average molecular weight is 765 g/mol. The Labute approximate surface area is 321 Å². The van der Waals surface area contributed by atoms with Crippen LogP contribution in [0.4, 0.5) is 17.1 Å². The van der Waals surface area contributed by atoms with Crippen LogP contribution < -0.4 is 25.9 Å². The Bertz CT molecular complexity index is 2160. The summed E-state index contributed by atoms with van der Waals surface area (Å²) in [6.07, 6.45) is 2.59. The smallest absolute Gasteiger partial charge is 0.264 e. The van der Waals surface area contributed by atoms with Gasteiger partial charge >= 0.3 is 0 Å². The molecule has 7 rings (SSSR count). The highest BCUT2D eigenvalue weighted by molar-refractivity contribution is 6.91. The Hall–Kier alpha value is -5.01. The molecule has 11 nitrogen and oxygen atoms in total. The number of aliphatic hydroxyl groups excluding tert-OH is 1. The van der Waals surface area contributed by atoms with E-state index in [9.17, 15) is 9.90 Å². The van der Waals surface area contributed by atoms with Crippen molar-refractivity contribution in [3.63, 3.8) is 0 Å². The number of anilines is 3. The lowest BCUT2D eigenvalue weighted by molar-refractivity contribution is -0.146. The fourth-order valence-corrected chi connectivity index (χ4v) is 12.6. The molecular formula is C41H45ClN6O5Si. The largest absolute Gasteiger partial charge is 0.497 e. The predicted octanol–water partition coefficient (Wildman–Crippen LogP) is 6.16. The second kappa shape index (κ2) is 15.0. The molecule has 4 N–H and O–H groups in total. The first-order chi connectivity index (χ1) is 25.9. The molecule has 0 radical (unpaired) electrons. The van der Waals surface area contributed by atoms with Gasteiger partial charge < -0.3 is 30.5 Å². The van der Waals surface area contributed by atoms with Gasteiger partial charge in [0.1, 0.15) is 5.75 Å². The topological polar surface area (TPSA) is 145 Å². The van der Waals surface area contributed by atoms with Crippen LogP contribution in [0.2, 0.25) is 23.7 Å². The molecule has 2 aliphatic rings. The molecule has 2 amide bonds. The minimum atomic E-state index is -2.37. The Morgan fingerprint density at radius 1 is 1.07 bits per heavy atom. The van der Waals surface area contributed by atoms with E-state index in [2.05, 4.69) is 47.8 Å². The molecule has 4 aromatic carbocycles. The molecule has 0 bridgehead atoms. The molecular weight excluding hydrogens is 720 g/mol. The van der Waals surface area contributed by atoms with Crippen LogP contribution in [0, 0.1) is 5.92 Å². The minimum absolute atomic E-state index is 0.00266. The number of aliphatic hydroxyl groups is 1. The molecule has 5 aromatic rings. The normalized spacial score (nSPS) is 20.7. The minimum Gasteiger partial charge on any atom is -0.497 e. The number of nitrogen functional groups attached to an aromatic ring is 1. The van der Waals surface area contributed by atoms with E-state index in [1.165, 1.54) is 5.19 Å². The summed E-state index contributed by atoms with van der Waals surface area (Å²) in [5.41, 5.74) is 9.31. The molecule has 1 aromatic heterocycles. The number of carbonyl (C=O) groups excluding carboxylic acids is 2. The van der Waals surface area contributed by atoms with Crippen LogP contribution >= 0.6 is 11.6 Å². The molecule has 3 heterocycles. The number of fused-ring (bicyclic) bond motifs is 2. The van der Waals surface area contributed by atoms with Gasteiger partial charge in [-0.05, 0) is 84.3 Å². The third kappa shape index (κ3) is 6.90. The number of nitrogens with one attached hydrogen (secondary N) is 1. The lowest BCUT2D eigenvalue weighted by Crippen LogP contribution is -2.51. The summed E-state index contributed by atoms with van der Waals surface area (Å²) in [6, 6.07) is 28.1. The number of hydrogen-bond acceptors (Lipinski definition) is 8. The molecule has 280 valence electrons. The standard InChI is InChI=1S/C41H45ClN6O5Si/c1-26-38(54(3,4)34-15-13-33(52-2)14-16-34)37(18-20-47-25-32(19-21-49)45-46-47)53-41(26)35-23-29(42)10-17-36(35)48(40(41)51)24-27-6-5-7-31(22-27)44-39(50)28-8-11-30(43)12-9-28/h5-17,22-23,25-26,37-38,49H,18-21,24,43H2,1-4H3,(H,44,50)/t26-,37+,38-,41+/m1/s1. The van der Waals surface area contributed by atoms with Crippen molar-refractivity contribution in [1.29, 1.82) is 0 Å². The second-order valence-corrected chi connectivity index (χ2v) is 19.8. The maximum atomic E-state index is 15.2. The van der Waals surface area contributed by atoms with Crippen LogP contribution in [0.25, 0.3) is 0 Å². The van der Waals surface area contributed by atoms with Gasteiger partial charge in [0.05, 0.1) is 39.2 Å². The zero-order chi connectivity index (χ0) is 38.2. The van der Waals surface area contributed by atoms with Crippen molar-refractivity contribution in [2.75, 3.05) is 29.7 Å². The number of ether oxygens (including phenoxy) is 2. The third-order valence-corrected chi connectivity index (χ3v) is 15.7. The van der Waals surface area contributed by atoms with Gasteiger partial charge in [-0.15, -0.1) is 5.10 Å². The lowest BCUT2D eigenvalue weighted by Gasteiger charge is -2.37. The fourth-order valence-electron chi connectivity index (χ4n) is 8.42. The number of halogens is 1. The highest BCUT2D eigenvalue weighted by Crippen LogP contribution is 2.60. The molecule has 1 fully saturated rings. The molecule has 1 spiro atoms. The molecule has 0 aliphatic carbocycles. The Balaban J connectivity index is 1.23. The number of rotatable bonds is 12. The highest BCUT2D eigenvalue weighted by atomic mass is 35.5. The van der Waals surface area contributed by atoms with Crippen molar-refractivity contribution < 1.29 is 24.2 Å².